The van der Waals surface area contributed by atoms with E-state index in [2.05, 4.69) is 24.3 Å². The topological polar surface area (TPSA) is 23.5 Å². The molecule has 0 amide bonds. The summed E-state index contributed by atoms with van der Waals surface area (Å²) in [6.45, 7) is 2.81. The van der Waals surface area contributed by atoms with Gasteiger partial charge < -0.3 is 10.0 Å². The Morgan fingerprint density at radius 3 is 2.67 bits per heavy atom. The van der Waals surface area contributed by atoms with Gasteiger partial charge in [-0.15, -0.1) is 0 Å². The molecule has 2 nitrogen and oxygen atoms in total. The normalized spacial score (nSPS) is 12.5. The fraction of sp³-hybridized carbons (Fsp3) is 0.500. The number of hydrogen-bond donors (Lipinski definition) is 1. The van der Waals surface area contributed by atoms with Gasteiger partial charge in [-0.3, -0.25) is 0 Å². The summed E-state index contributed by atoms with van der Waals surface area (Å²) in [7, 11) is 2.07. The van der Waals surface area contributed by atoms with Gasteiger partial charge in [-0.25, -0.2) is 0 Å². The molecule has 1 atom stereocenters. The molecule has 0 bridgehead atoms. The van der Waals surface area contributed by atoms with Gasteiger partial charge in [0.25, 0.3) is 0 Å². The number of aliphatic hydroxyl groups is 1. The standard InChI is InChI=1S/C12H19NOS/c1-10(14)11-6-4-5-7-12(11)13(2)8-9-15-3/h4-7,10,14H,8-9H2,1-3H3. The highest BCUT2D eigenvalue weighted by atomic mass is 32.2. The first-order chi connectivity index (χ1) is 7.16. The number of para-hydroxylation sites is 1. The van der Waals surface area contributed by atoms with Gasteiger partial charge in [-0.05, 0) is 19.2 Å². The Kier molecular flexibility index (Phi) is 4.99. The third kappa shape index (κ3) is 3.43. The Morgan fingerprint density at radius 2 is 2.07 bits per heavy atom. The zero-order valence-corrected chi connectivity index (χ0v) is 10.4. The maximum absolute atomic E-state index is 9.65. The van der Waals surface area contributed by atoms with Crippen LogP contribution in [0.15, 0.2) is 24.3 Å². The molecule has 0 saturated carbocycles. The molecule has 1 aromatic rings. The van der Waals surface area contributed by atoms with Crippen LogP contribution in [-0.4, -0.2) is 30.7 Å². The van der Waals surface area contributed by atoms with Gasteiger partial charge in [0.05, 0.1) is 6.10 Å². The molecule has 0 radical (unpaired) electrons. The second-order valence-electron chi connectivity index (χ2n) is 3.65. The lowest BCUT2D eigenvalue weighted by atomic mass is 10.1. The minimum absolute atomic E-state index is 0.405. The smallest absolute Gasteiger partial charge is 0.0781 e. The highest BCUT2D eigenvalue weighted by Crippen LogP contribution is 2.25. The summed E-state index contributed by atoms with van der Waals surface area (Å²) in [5, 5.41) is 9.65. The number of nitrogens with zero attached hydrogens (tertiary/aromatic N) is 1. The Balaban J connectivity index is 2.82. The summed E-state index contributed by atoms with van der Waals surface area (Å²) in [4.78, 5) is 2.19. The van der Waals surface area contributed by atoms with Crippen molar-refractivity contribution in [3.63, 3.8) is 0 Å². The maximum atomic E-state index is 9.65. The van der Waals surface area contributed by atoms with Crippen LogP contribution in [0.25, 0.3) is 0 Å². The predicted octanol–water partition coefficient (Wildman–Crippen LogP) is 2.54. The average Bonchev–Trinajstić information content (AvgIpc) is 2.25. The highest BCUT2D eigenvalue weighted by molar-refractivity contribution is 7.98. The molecule has 1 aromatic carbocycles. The Hall–Kier alpha value is -0.670. The Bertz CT molecular complexity index is 301. The van der Waals surface area contributed by atoms with Gasteiger partial charge >= 0.3 is 0 Å². The van der Waals surface area contributed by atoms with Crippen molar-refractivity contribution in [2.24, 2.45) is 0 Å². The highest BCUT2D eigenvalue weighted by Gasteiger charge is 2.09. The molecule has 0 aromatic heterocycles. The molecule has 0 aliphatic rings. The lowest BCUT2D eigenvalue weighted by Crippen LogP contribution is -2.21. The molecular weight excluding hydrogens is 206 g/mol. The number of aliphatic hydroxyl groups excluding tert-OH is 1. The summed E-state index contributed by atoms with van der Waals surface area (Å²) in [5.41, 5.74) is 2.13. The van der Waals surface area contributed by atoms with Crippen LogP contribution in [0.1, 0.15) is 18.6 Å². The number of rotatable bonds is 5. The zero-order valence-electron chi connectivity index (χ0n) is 9.60. The SMILES string of the molecule is CSCCN(C)c1ccccc1C(C)O. The fourth-order valence-electron chi connectivity index (χ4n) is 1.54. The van der Waals surface area contributed by atoms with E-state index in [0.717, 1.165) is 23.5 Å². The first-order valence-electron chi connectivity index (χ1n) is 5.14. The van der Waals surface area contributed by atoms with Gasteiger partial charge in [0.1, 0.15) is 0 Å². The minimum atomic E-state index is -0.405. The molecule has 1 rings (SSSR count). The summed E-state index contributed by atoms with van der Waals surface area (Å²) in [6, 6.07) is 8.02. The van der Waals surface area contributed by atoms with E-state index in [4.69, 9.17) is 0 Å². The molecule has 0 fully saturated rings. The van der Waals surface area contributed by atoms with Crippen LogP contribution >= 0.6 is 11.8 Å². The quantitative estimate of drug-likeness (QED) is 0.833. The van der Waals surface area contributed by atoms with Gasteiger partial charge in [0.2, 0.25) is 0 Å². The lowest BCUT2D eigenvalue weighted by Gasteiger charge is -2.23. The first-order valence-corrected chi connectivity index (χ1v) is 6.53. The number of thioether (sulfide) groups is 1. The van der Waals surface area contributed by atoms with Crippen molar-refractivity contribution in [1.29, 1.82) is 0 Å². The third-order valence-corrected chi connectivity index (χ3v) is 3.02. The molecule has 3 heteroatoms. The second-order valence-corrected chi connectivity index (χ2v) is 4.63. The van der Waals surface area contributed by atoms with Crippen LogP contribution in [0.4, 0.5) is 5.69 Å². The van der Waals surface area contributed by atoms with E-state index in [-0.39, 0.29) is 0 Å². The van der Waals surface area contributed by atoms with Crippen LogP contribution in [0.5, 0.6) is 0 Å². The van der Waals surface area contributed by atoms with Crippen LogP contribution in [0.2, 0.25) is 0 Å². The van der Waals surface area contributed by atoms with Gasteiger partial charge in [0, 0.05) is 30.6 Å². The van der Waals surface area contributed by atoms with Gasteiger partial charge in [-0.1, -0.05) is 18.2 Å². The molecule has 0 aliphatic heterocycles. The molecule has 0 heterocycles. The predicted molar refractivity (Wildman–Crippen MR) is 68.7 cm³/mol. The summed E-state index contributed by atoms with van der Waals surface area (Å²) in [6.07, 6.45) is 1.70. The minimum Gasteiger partial charge on any atom is -0.389 e. The lowest BCUT2D eigenvalue weighted by molar-refractivity contribution is 0.199. The molecule has 1 unspecified atom stereocenters. The van der Waals surface area contributed by atoms with E-state index in [1.165, 1.54) is 0 Å². The van der Waals surface area contributed by atoms with E-state index in [0.29, 0.717) is 0 Å². The molecular formula is C12H19NOS. The van der Waals surface area contributed by atoms with Crippen molar-refractivity contribution < 1.29 is 5.11 Å². The largest absolute Gasteiger partial charge is 0.389 e. The third-order valence-electron chi connectivity index (χ3n) is 2.43. The van der Waals surface area contributed by atoms with Crippen molar-refractivity contribution in [3.8, 4) is 0 Å². The summed E-state index contributed by atoms with van der Waals surface area (Å²) >= 11 is 1.83. The molecule has 84 valence electrons. The fourth-order valence-corrected chi connectivity index (χ4v) is 1.99. The van der Waals surface area contributed by atoms with Crippen molar-refractivity contribution in [1.82, 2.24) is 0 Å². The molecule has 15 heavy (non-hydrogen) atoms. The monoisotopic (exact) mass is 225 g/mol. The molecule has 0 spiro atoms. The van der Waals surface area contributed by atoms with Crippen LogP contribution in [0.3, 0.4) is 0 Å². The Labute approximate surface area is 96.3 Å². The van der Waals surface area contributed by atoms with Crippen LogP contribution in [-0.2, 0) is 0 Å². The average molecular weight is 225 g/mol. The number of anilines is 1. The van der Waals surface area contributed by atoms with Crippen LogP contribution in [0, 0.1) is 0 Å². The number of hydrogen-bond acceptors (Lipinski definition) is 3. The second kappa shape index (κ2) is 6.03. The first kappa shape index (κ1) is 12.4. The van der Waals surface area contributed by atoms with Crippen molar-refractivity contribution >= 4 is 17.4 Å². The molecule has 0 aliphatic carbocycles. The van der Waals surface area contributed by atoms with Gasteiger partial charge in [0.15, 0.2) is 0 Å². The van der Waals surface area contributed by atoms with E-state index in [9.17, 15) is 5.11 Å². The van der Waals surface area contributed by atoms with Crippen molar-refractivity contribution in [2.45, 2.75) is 13.0 Å². The van der Waals surface area contributed by atoms with E-state index < -0.39 is 6.10 Å². The van der Waals surface area contributed by atoms with E-state index >= 15 is 0 Å². The molecule has 1 N–H and O–H groups in total. The van der Waals surface area contributed by atoms with E-state index in [1.807, 2.05) is 30.0 Å². The van der Waals surface area contributed by atoms with Crippen LogP contribution < -0.4 is 4.90 Å². The van der Waals surface area contributed by atoms with E-state index in [1.54, 1.807) is 6.92 Å². The number of benzene rings is 1. The Morgan fingerprint density at radius 1 is 1.40 bits per heavy atom. The van der Waals surface area contributed by atoms with Gasteiger partial charge in [-0.2, -0.15) is 11.8 Å². The maximum Gasteiger partial charge on any atom is 0.0781 e. The summed E-state index contributed by atoms with van der Waals surface area (Å²) < 4.78 is 0. The van der Waals surface area contributed by atoms with Crippen molar-refractivity contribution in [3.05, 3.63) is 29.8 Å². The molecule has 0 saturated heterocycles. The zero-order chi connectivity index (χ0) is 11.3. The van der Waals surface area contributed by atoms with Crippen molar-refractivity contribution in [2.75, 3.05) is 30.5 Å². The summed E-state index contributed by atoms with van der Waals surface area (Å²) in [5.74, 6) is 1.10.